The molecule has 1 amide bonds. The summed E-state index contributed by atoms with van der Waals surface area (Å²) in [4.78, 5) is 27.0. The fourth-order valence-corrected chi connectivity index (χ4v) is 3.03. The Balaban J connectivity index is 1.42. The van der Waals surface area contributed by atoms with Gasteiger partial charge in [-0.1, -0.05) is 24.3 Å². The van der Waals surface area contributed by atoms with E-state index in [1.807, 2.05) is 30.5 Å². The number of esters is 1. The van der Waals surface area contributed by atoms with Gasteiger partial charge in [0, 0.05) is 29.7 Å². The number of hydrogen-bond donors (Lipinski definition) is 2. The first kappa shape index (κ1) is 21.0. The molecule has 3 rings (SSSR count). The molecule has 3 aromatic rings. The monoisotopic (exact) mass is 408 g/mol. The Labute approximate surface area is 174 Å². The molecule has 1 heterocycles. The Hall–Kier alpha value is -3.74. The number of nitrogens with one attached hydrogen (secondary N) is 2. The number of rotatable bonds is 9. The molecular formula is C23H24N2O5. The van der Waals surface area contributed by atoms with Crippen molar-refractivity contribution in [3.05, 3.63) is 65.9 Å². The average Bonchev–Trinajstić information content (AvgIpc) is 3.19. The molecule has 0 spiro atoms. The first-order valence-corrected chi connectivity index (χ1v) is 9.49. The summed E-state index contributed by atoms with van der Waals surface area (Å²) in [6.07, 6.45) is 5.47. The lowest BCUT2D eigenvalue weighted by molar-refractivity contribution is -0.143. The number of H-pyrrole nitrogens is 1. The van der Waals surface area contributed by atoms with Gasteiger partial charge in [-0.2, -0.15) is 0 Å². The predicted octanol–water partition coefficient (Wildman–Crippen LogP) is 3.10. The highest BCUT2D eigenvalue weighted by molar-refractivity contribution is 5.89. The van der Waals surface area contributed by atoms with Gasteiger partial charge in [-0.3, -0.25) is 4.79 Å². The number of carbonyl (C=O) groups excluding carboxylic acids is 2. The van der Waals surface area contributed by atoms with Gasteiger partial charge in [0.05, 0.1) is 14.2 Å². The molecule has 0 aliphatic rings. The summed E-state index contributed by atoms with van der Waals surface area (Å²) in [7, 11) is 3.09. The molecular weight excluding hydrogens is 384 g/mol. The highest BCUT2D eigenvalue weighted by Crippen LogP contribution is 2.27. The largest absolute Gasteiger partial charge is 0.493 e. The maximum absolute atomic E-state index is 11.9. The van der Waals surface area contributed by atoms with Crippen LogP contribution < -0.4 is 14.8 Å². The van der Waals surface area contributed by atoms with Gasteiger partial charge in [-0.25, -0.2) is 4.79 Å². The van der Waals surface area contributed by atoms with Gasteiger partial charge in [0.15, 0.2) is 18.1 Å². The molecule has 0 fully saturated rings. The minimum atomic E-state index is -0.600. The fourth-order valence-electron chi connectivity index (χ4n) is 3.03. The maximum atomic E-state index is 11.9. The van der Waals surface area contributed by atoms with E-state index in [0.29, 0.717) is 24.5 Å². The van der Waals surface area contributed by atoms with Gasteiger partial charge in [0.1, 0.15) is 0 Å². The van der Waals surface area contributed by atoms with Crippen molar-refractivity contribution in [1.29, 1.82) is 0 Å². The number of carbonyl (C=O) groups is 2. The van der Waals surface area contributed by atoms with Crippen LogP contribution in [0.25, 0.3) is 17.0 Å². The number of aromatic amines is 1. The number of para-hydroxylation sites is 1. The molecule has 0 radical (unpaired) electrons. The smallest absolute Gasteiger partial charge is 0.331 e. The molecule has 0 bridgehead atoms. The number of methoxy groups -OCH3 is 2. The molecule has 156 valence electrons. The summed E-state index contributed by atoms with van der Waals surface area (Å²) in [5.74, 6) is 0.211. The van der Waals surface area contributed by atoms with Crippen molar-refractivity contribution < 1.29 is 23.8 Å². The zero-order chi connectivity index (χ0) is 21.3. The van der Waals surface area contributed by atoms with E-state index >= 15 is 0 Å². The highest BCUT2D eigenvalue weighted by Gasteiger charge is 2.07. The Bertz CT molecular complexity index is 1050. The maximum Gasteiger partial charge on any atom is 0.331 e. The molecule has 2 aromatic carbocycles. The van der Waals surface area contributed by atoms with Gasteiger partial charge in [0.25, 0.3) is 5.91 Å². The second kappa shape index (κ2) is 10.2. The van der Waals surface area contributed by atoms with Crippen molar-refractivity contribution in [3.63, 3.8) is 0 Å². The molecule has 0 unspecified atom stereocenters. The zero-order valence-electron chi connectivity index (χ0n) is 16.9. The van der Waals surface area contributed by atoms with Gasteiger partial charge in [0.2, 0.25) is 0 Å². The number of hydrogen-bond acceptors (Lipinski definition) is 5. The third-order valence-electron chi connectivity index (χ3n) is 4.56. The minimum Gasteiger partial charge on any atom is -0.493 e. The van der Waals surface area contributed by atoms with Crippen LogP contribution in [0.4, 0.5) is 0 Å². The predicted molar refractivity (Wildman–Crippen MR) is 115 cm³/mol. The van der Waals surface area contributed by atoms with Crippen LogP contribution >= 0.6 is 0 Å². The molecule has 30 heavy (non-hydrogen) atoms. The fraction of sp³-hybridized carbons (Fsp3) is 0.217. The van der Waals surface area contributed by atoms with Gasteiger partial charge < -0.3 is 24.5 Å². The molecule has 0 aliphatic carbocycles. The topological polar surface area (TPSA) is 89.6 Å². The third kappa shape index (κ3) is 5.41. The molecule has 1 aromatic heterocycles. The van der Waals surface area contributed by atoms with Crippen molar-refractivity contribution in [3.8, 4) is 11.5 Å². The van der Waals surface area contributed by atoms with Crippen LogP contribution in [-0.4, -0.2) is 44.2 Å². The zero-order valence-corrected chi connectivity index (χ0v) is 16.9. The second-order valence-electron chi connectivity index (χ2n) is 6.51. The van der Waals surface area contributed by atoms with Gasteiger partial charge in [-0.15, -0.1) is 0 Å². The summed E-state index contributed by atoms with van der Waals surface area (Å²) in [6.45, 7) is 0.128. The van der Waals surface area contributed by atoms with Crippen LogP contribution in [-0.2, 0) is 20.7 Å². The summed E-state index contributed by atoms with van der Waals surface area (Å²) in [6, 6.07) is 13.3. The number of fused-ring (bicyclic) bond motifs is 1. The van der Waals surface area contributed by atoms with Crippen molar-refractivity contribution in [2.75, 3.05) is 27.4 Å². The van der Waals surface area contributed by atoms with Crippen molar-refractivity contribution >= 4 is 28.9 Å². The van der Waals surface area contributed by atoms with Crippen molar-refractivity contribution in [2.24, 2.45) is 0 Å². The Morgan fingerprint density at radius 3 is 2.67 bits per heavy atom. The number of amides is 1. The summed E-state index contributed by atoms with van der Waals surface area (Å²) in [5, 5.41) is 3.90. The van der Waals surface area contributed by atoms with E-state index in [1.165, 1.54) is 13.2 Å². The quantitative estimate of drug-likeness (QED) is 0.420. The van der Waals surface area contributed by atoms with Crippen LogP contribution in [0, 0.1) is 0 Å². The molecule has 0 saturated carbocycles. The number of aromatic nitrogens is 1. The summed E-state index contributed by atoms with van der Waals surface area (Å²) >= 11 is 0. The van der Waals surface area contributed by atoms with Crippen molar-refractivity contribution in [2.45, 2.75) is 6.42 Å². The van der Waals surface area contributed by atoms with Crippen LogP contribution in [0.2, 0.25) is 0 Å². The van der Waals surface area contributed by atoms with Crippen LogP contribution in [0.3, 0.4) is 0 Å². The van der Waals surface area contributed by atoms with Crippen LogP contribution in [0.5, 0.6) is 11.5 Å². The lowest BCUT2D eigenvalue weighted by Gasteiger charge is -2.07. The minimum absolute atomic E-state index is 0.330. The lowest BCUT2D eigenvalue weighted by Crippen LogP contribution is -2.30. The average molecular weight is 408 g/mol. The number of ether oxygens (including phenoxy) is 3. The van der Waals surface area contributed by atoms with E-state index < -0.39 is 5.97 Å². The van der Waals surface area contributed by atoms with E-state index in [4.69, 9.17) is 14.2 Å². The Morgan fingerprint density at radius 2 is 1.87 bits per heavy atom. The molecule has 7 heteroatoms. The summed E-state index contributed by atoms with van der Waals surface area (Å²) < 4.78 is 15.4. The van der Waals surface area contributed by atoms with E-state index in [9.17, 15) is 9.59 Å². The number of benzene rings is 2. The SMILES string of the molecule is COc1ccc(/C=C/C(=O)OCC(=O)NCCc2c[nH]c3ccccc23)cc1OC. The molecule has 2 N–H and O–H groups in total. The van der Waals surface area contributed by atoms with E-state index in [0.717, 1.165) is 22.0 Å². The van der Waals surface area contributed by atoms with Crippen LogP contribution in [0.1, 0.15) is 11.1 Å². The molecule has 7 nitrogen and oxygen atoms in total. The van der Waals surface area contributed by atoms with Gasteiger partial charge in [-0.05, 0) is 41.8 Å². The first-order chi connectivity index (χ1) is 14.6. The van der Waals surface area contributed by atoms with Gasteiger partial charge >= 0.3 is 5.97 Å². The highest BCUT2D eigenvalue weighted by atomic mass is 16.5. The molecule has 0 saturated heterocycles. The van der Waals surface area contributed by atoms with E-state index in [1.54, 1.807) is 31.4 Å². The van der Waals surface area contributed by atoms with E-state index in [2.05, 4.69) is 10.3 Å². The summed E-state index contributed by atoms with van der Waals surface area (Å²) in [5.41, 5.74) is 2.93. The lowest BCUT2D eigenvalue weighted by atomic mass is 10.1. The Kier molecular flexibility index (Phi) is 7.10. The van der Waals surface area contributed by atoms with Crippen LogP contribution in [0.15, 0.2) is 54.7 Å². The second-order valence-corrected chi connectivity index (χ2v) is 6.51. The molecule has 0 aliphatic heterocycles. The standard InChI is InChI=1S/C23H24N2O5/c1-28-20-9-7-16(13-21(20)29-2)8-10-23(27)30-15-22(26)24-12-11-17-14-25-19-6-4-3-5-18(17)19/h3-10,13-14,25H,11-12,15H2,1-2H3,(H,24,26)/b10-8+. The van der Waals surface area contributed by atoms with E-state index in [-0.39, 0.29) is 12.5 Å². The Morgan fingerprint density at radius 1 is 1.07 bits per heavy atom. The van der Waals surface area contributed by atoms with Crippen molar-refractivity contribution in [1.82, 2.24) is 10.3 Å². The third-order valence-corrected chi connectivity index (χ3v) is 4.56. The molecule has 0 atom stereocenters. The first-order valence-electron chi connectivity index (χ1n) is 9.49. The normalized spacial score (nSPS) is 10.9.